The van der Waals surface area contributed by atoms with E-state index in [1.54, 1.807) is 66.9 Å². The number of imidazole rings is 1. The molecule has 184 valence electrons. The van der Waals surface area contributed by atoms with Crippen molar-refractivity contribution >= 4 is 22.6 Å². The predicted molar refractivity (Wildman–Crippen MR) is 139 cm³/mol. The molecule has 0 radical (unpaired) electrons. The van der Waals surface area contributed by atoms with E-state index in [4.69, 9.17) is 9.47 Å². The quantitative estimate of drug-likeness (QED) is 0.312. The number of pyridine rings is 1. The maximum atomic E-state index is 15.1. The minimum absolute atomic E-state index is 0.00224. The molecule has 5 rings (SSSR count). The zero-order valence-electron chi connectivity index (χ0n) is 19.7. The number of carbonyl (C=O) groups is 1. The predicted octanol–water partition coefficient (Wildman–Crippen LogP) is 5.24. The molecule has 0 aliphatic carbocycles. The Kier molecular flexibility index (Phi) is 6.25. The van der Waals surface area contributed by atoms with E-state index < -0.39 is 11.5 Å². The Hall–Kier alpha value is -5.18. The van der Waals surface area contributed by atoms with Gasteiger partial charge in [-0.15, -0.1) is 0 Å². The zero-order chi connectivity index (χ0) is 25.9. The molecule has 0 spiro atoms. The fourth-order valence-corrected chi connectivity index (χ4v) is 3.96. The van der Waals surface area contributed by atoms with Crippen molar-refractivity contribution in [1.29, 1.82) is 0 Å². The molecule has 0 aliphatic rings. The lowest BCUT2D eigenvalue weighted by Crippen LogP contribution is -2.22. The molecule has 5 aromatic rings. The number of carbonyl (C=O) groups excluding carboxylic acids is 1. The van der Waals surface area contributed by atoms with Crippen molar-refractivity contribution in [3.63, 3.8) is 0 Å². The van der Waals surface area contributed by atoms with E-state index >= 15 is 4.39 Å². The third-order valence-electron chi connectivity index (χ3n) is 5.64. The lowest BCUT2D eigenvalue weighted by molar-refractivity contribution is -0.111. The third-order valence-corrected chi connectivity index (χ3v) is 5.64. The summed E-state index contributed by atoms with van der Waals surface area (Å²) in [5, 5.41) is 2.69. The molecule has 0 fully saturated rings. The minimum Gasteiger partial charge on any atom is -0.497 e. The monoisotopic (exact) mass is 496 g/mol. The van der Waals surface area contributed by atoms with Gasteiger partial charge in [0.2, 0.25) is 5.91 Å². The fraction of sp³-hybridized carbons (Fsp3) is 0.0357. The van der Waals surface area contributed by atoms with Crippen molar-refractivity contribution in [2.75, 3.05) is 12.4 Å². The lowest BCUT2D eigenvalue weighted by atomic mass is 10.2. The van der Waals surface area contributed by atoms with Crippen molar-refractivity contribution in [2.24, 2.45) is 0 Å². The molecule has 0 unspecified atom stereocenters. The number of hydrogen-bond acceptors (Lipinski definition) is 5. The topological polar surface area (TPSA) is 87.4 Å². The van der Waals surface area contributed by atoms with Gasteiger partial charge in [0.25, 0.3) is 0 Å². The Labute approximate surface area is 210 Å². The molecule has 1 N–H and O–H groups in total. The second-order valence-corrected chi connectivity index (χ2v) is 7.96. The zero-order valence-corrected chi connectivity index (χ0v) is 19.7. The Balaban J connectivity index is 1.58. The van der Waals surface area contributed by atoms with Gasteiger partial charge in [-0.2, -0.15) is 0 Å². The Morgan fingerprint density at radius 2 is 1.73 bits per heavy atom. The number of methoxy groups -OCH3 is 1. The van der Waals surface area contributed by atoms with Crippen LogP contribution in [-0.4, -0.2) is 27.1 Å². The summed E-state index contributed by atoms with van der Waals surface area (Å²) < 4.78 is 28.8. The first-order valence-electron chi connectivity index (χ1n) is 11.2. The highest BCUT2D eigenvalue weighted by molar-refractivity contribution is 5.99. The van der Waals surface area contributed by atoms with E-state index in [-0.39, 0.29) is 11.7 Å². The van der Waals surface area contributed by atoms with E-state index in [9.17, 15) is 9.59 Å². The molecule has 8 nitrogen and oxygen atoms in total. The normalized spacial score (nSPS) is 10.8. The second kappa shape index (κ2) is 9.82. The number of ether oxygens (including phenoxy) is 2. The molecule has 0 aliphatic heterocycles. The Morgan fingerprint density at radius 1 is 0.973 bits per heavy atom. The molecule has 1 amide bonds. The van der Waals surface area contributed by atoms with Gasteiger partial charge < -0.3 is 14.8 Å². The van der Waals surface area contributed by atoms with Gasteiger partial charge in [-0.25, -0.2) is 9.18 Å². The van der Waals surface area contributed by atoms with Crippen molar-refractivity contribution in [3.05, 3.63) is 114 Å². The van der Waals surface area contributed by atoms with Crippen LogP contribution >= 0.6 is 0 Å². The highest BCUT2D eigenvalue weighted by Crippen LogP contribution is 2.29. The van der Waals surface area contributed by atoms with Crippen molar-refractivity contribution in [1.82, 2.24) is 14.1 Å². The number of nitrogens with zero attached hydrogens (tertiary/aromatic N) is 3. The van der Waals surface area contributed by atoms with Gasteiger partial charge in [-0.1, -0.05) is 18.7 Å². The number of rotatable bonds is 7. The smallest absolute Gasteiger partial charge is 0.338 e. The van der Waals surface area contributed by atoms with Gasteiger partial charge in [0.1, 0.15) is 11.5 Å². The molecule has 37 heavy (non-hydrogen) atoms. The number of halogens is 1. The maximum Gasteiger partial charge on any atom is 0.338 e. The molecular weight excluding hydrogens is 475 g/mol. The molecule has 9 heteroatoms. The van der Waals surface area contributed by atoms with E-state index in [1.165, 1.54) is 34.6 Å². The largest absolute Gasteiger partial charge is 0.497 e. The van der Waals surface area contributed by atoms with E-state index in [0.29, 0.717) is 39.6 Å². The molecular formula is C28H21FN4O4. The van der Waals surface area contributed by atoms with Gasteiger partial charge in [-0.3, -0.25) is 18.9 Å². The number of nitrogens with one attached hydrogen (secondary N) is 1. The highest BCUT2D eigenvalue weighted by atomic mass is 19.1. The van der Waals surface area contributed by atoms with Gasteiger partial charge in [0, 0.05) is 24.0 Å². The summed E-state index contributed by atoms with van der Waals surface area (Å²) in [7, 11) is 1.53. The summed E-state index contributed by atoms with van der Waals surface area (Å²) in [5.74, 6) is -0.0338. The number of amides is 1. The minimum atomic E-state index is -0.647. The summed E-state index contributed by atoms with van der Waals surface area (Å²) in [6, 6.07) is 19.6. The van der Waals surface area contributed by atoms with Crippen LogP contribution in [0, 0.1) is 5.82 Å². The van der Waals surface area contributed by atoms with Crippen molar-refractivity contribution in [3.8, 4) is 28.6 Å². The van der Waals surface area contributed by atoms with Crippen LogP contribution in [0.15, 0.2) is 103 Å². The van der Waals surface area contributed by atoms with Gasteiger partial charge in [0.05, 0.1) is 35.7 Å². The summed E-state index contributed by atoms with van der Waals surface area (Å²) in [6.45, 7) is 3.45. The van der Waals surface area contributed by atoms with Gasteiger partial charge in [0.15, 0.2) is 11.6 Å². The standard InChI is InChI=1S/C28H21FN4O4/c1-3-27(34)31-18-6-4-7-19(14-18)32-24-12-13-30-17-25(24)33(28(32)35)20-10-11-26(23(29)15-20)37-22-9-5-8-21(16-22)36-2/h3-17H,1H2,2H3,(H,31,34). The molecule has 0 atom stereocenters. The third kappa shape index (κ3) is 4.57. The number of fused-ring (bicyclic) bond motifs is 1. The molecule has 3 aromatic carbocycles. The van der Waals surface area contributed by atoms with Crippen LogP contribution in [0.3, 0.4) is 0 Å². The maximum absolute atomic E-state index is 15.1. The summed E-state index contributed by atoms with van der Waals surface area (Å²) >= 11 is 0. The Bertz CT molecular complexity index is 1710. The molecule has 2 heterocycles. The van der Waals surface area contributed by atoms with E-state index in [0.717, 1.165) is 6.08 Å². The number of aromatic nitrogens is 3. The first-order valence-corrected chi connectivity index (χ1v) is 11.2. The van der Waals surface area contributed by atoms with Gasteiger partial charge in [-0.05, 0) is 54.6 Å². The molecule has 0 saturated carbocycles. The fourth-order valence-electron chi connectivity index (χ4n) is 3.96. The number of hydrogen-bond donors (Lipinski definition) is 1. The highest BCUT2D eigenvalue weighted by Gasteiger charge is 2.18. The van der Waals surface area contributed by atoms with Crippen LogP contribution in [0.4, 0.5) is 10.1 Å². The van der Waals surface area contributed by atoms with Crippen LogP contribution < -0.4 is 20.5 Å². The van der Waals surface area contributed by atoms with Crippen LogP contribution in [-0.2, 0) is 4.79 Å². The molecule has 0 bridgehead atoms. The average Bonchev–Trinajstić information content (AvgIpc) is 3.21. The van der Waals surface area contributed by atoms with Crippen LogP contribution in [0.25, 0.3) is 22.4 Å². The van der Waals surface area contributed by atoms with E-state index in [2.05, 4.69) is 16.9 Å². The second-order valence-electron chi connectivity index (χ2n) is 7.96. The molecule has 0 saturated heterocycles. The SMILES string of the molecule is C=CC(=O)Nc1cccc(-n2c(=O)n(-c3ccc(Oc4cccc(OC)c4)c(F)c3)c3cnccc32)c1. The first kappa shape index (κ1) is 23.6. The summed E-state index contributed by atoms with van der Waals surface area (Å²) in [6.07, 6.45) is 4.26. The first-order chi connectivity index (χ1) is 18.0. The van der Waals surface area contributed by atoms with E-state index in [1.807, 2.05) is 0 Å². The lowest BCUT2D eigenvalue weighted by Gasteiger charge is -2.10. The Morgan fingerprint density at radius 3 is 2.51 bits per heavy atom. The van der Waals surface area contributed by atoms with Crippen LogP contribution in [0.5, 0.6) is 17.2 Å². The number of anilines is 1. The average molecular weight is 496 g/mol. The van der Waals surface area contributed by atoms with Crippen molar-refractivity contribution < 1.29 is 18.7 Å². The van der Waals surface area contributed by atoms with Crippen LogP contribution in [0.2, 0.25) is 0 Å². The van der Waals surface area contributed by atoms with Gasteiger partial charge >= 0.3 is 5.69 Å². The summed E-state index contributed by atoms with van der Waals surface area (Å²) in [5.41, 5.74) is 1.91. The van der Waals surface area contributed by atoms with Crippen LogP contribution in [0.1, 0.15) is 0 Å². The van der Waals surface area contributed by atoms with Crippen molar-refractivity contribution in [2.45, 2.75) is 0 Å². The summed E-state index contributed by atoms with van der Waals surface area (Å²) in [4.78, 5) is 29.6. The number of benzene rings is 3. The molecule has 2 aromatic heterocycles.